The summed E-state index contributed by atoms with van der Waals surface area (Å²) in [6.07, 6.45) is 0. The predicted octanol–water partition coefficient (Wildman–Crippen LogP) is 2.50. The van der Waals surface area contributed by atoms with Gasteiger partial charge in [0.15, 0.2) is 11.5 Å². The monoisotopic (exact) mass is 369 g/mol. The first-order valence-corrected chi connectivity index (χ1v) is 9.07. The first kappa shape index (κ1) is 18.9. The van der Waals surface area contributed by atoms with Crippen molar-refractivity contribution >= 4 is 15.7 Å². The van der Waals surface area contributed by atoms with Crippen LogP contribution < -0.4 is 4.74 Å². The lowest BCUT2D eigenvalue weighted by Crippen LogP contribution is -2.30. The molecule has 2 aromatic rings. The van der Waals surface area contributed by atoms with Crippen molar-refractivity contribution in [3.05, 3.63) is 45.8 Å². The zero-order valence-electron chi connectivity index (χ0n) is 14.1. The number of sulfonamides is 1. The van der Waals surface area contributed by atoms with E-state index >= 15 is 0 Å². The number of aromatic nitrogens is 1. The maximum absolute atomic E-state index is 12.5. The maximum Gasteiger partial charge on any atom is 0.312 e. The highest BCUT2D eigenvalue weighted by Gasteiger charge is 2.26. The van der Waals surface area contributed by atoms with E-state index < -0.39 is 20.6 Å². The van der Waals surface area contributed by atoms with Crippen molar-refractivity contribution < 1.29 is 22.6 Å². The highest BCUT2D eigenvalue weighted by atomic mass is 32.2. The molecule has 0 atom stereocenters. The van der Waals surface area contributed by atoms with E-state index in [1.165, 1.54) is 16.4 Å². The lowest BCUT2D eigenvalue weighted by molar-refractivity contribution is -0.386. The van der Waals surface area contributed by atoms with Gasteiger partial charge >= 0.3 is 5.69 Å². The molecular formula is C15H19N3O6S. The van der Waals surface area contributed by atoms with Gasteiger partial charge < -0.3 is 9.26 Å². The Kier molecular flexibility index (Phi) is 5.75. The summed E-state index contributed by atoms with van der Waals surface area (Å²) in [5.74, 6) is 0.365. The molecule has 0 amide bonds. The molecule has 1 aromatic carbocycles. The summed E-state index contributed by atoms with van der Waals surface area (Å²) in [5.41, 5.74) is 0.234. The SMILES string of the molecule is CCN(CC)S(=O)(=O)c1ccc(OCc2cc(C)no2)c([N+](=O)[O-])c1. The van der Waals surface area contributed by atoms with Crippen molar-refractivity contribution in [2.45, 2.75) is 32.3 Å². The Balaban J connectivity index is 2.32. The molecule has 0 aliphatic rings. The van der Waals surface area contributed by atoms with Gasteiger partial charge in [-0.15, -0.1) is 0 Å². The number of nitrogens with zero attached hydrogens (tertiary/aromatic N) is 3. The van der Waals surface area contributed by atoms with E-state index in [-0.39, 0.29) is 30.3 Å². The number of rotatable bonds is 8. The number of nitro benzene ring substituents is 1. The number of nitro groups is 1. The lowest BCUT2D eigenvalue weighted by atomic mass is 10.3. The first-order valence-electron chi connectivity index (χ1n) is 7.63. The van der Waals surface area contributed by atoms with Crippen molar-refractivity contribution in [1.82, 2.24) is 9.46 Å². The minimum atomic E-state index is -3.79. The molecule has 0 saturated carbocycles. The summed E-state index contributed by atoms with van der Waals surface area (Å²) in [5, 5.41) is 15.0. The summed E-state index contributed by atoms with van der Waals surface area (Å²) in [7, 11) is -3.79. The molecule has 0 aliphatic carbocycles. The van der Waals surface area contributed by atoms with Crippen LogP contribution in [0.5, 0.6) is 5.75 Å². The topological polar surface area (TPSA) is 116 Å². The Morgan fingerprint density at radius 1 is 1.28 bits per heavy atom. The quantitative estimate of drug-likeness (QED) is 0.518. The molecule has 10 heteroatoms. The summed E-state index contributed by atoms with van der Waals surface area (Å²) >= 11 is 0. The number of hydrogen-bond donors (Lipinski definition) is 0. The van der Waals surface area contributed by atoms with Gasteiger partial charge in [-0.3, -0.25) is 10.1 Å². The van der Waals surface area contributed by atoms with Gasteiger partial charge in [0.2, 0.25) is 10.0 Å². The average Bonchev–Trinajstić information content (AvgIpc) is 2.99. The van der Waals surface area contributed by atoms with Gasteiger partial charge in [-0.2, -0.15) is 4.31 Å². The largest absolute Gasteiger partial charge is 0.479 e. The molecule has 2 rings (SSSR count). The molecule has 0 saturated heterocycles. The Morgan fingerprint density at radius 2 is 1.96 bits per heavy atom. The third kappa shape index (κ3) is 4.15. The highest BCUT2D eigenvalue weighted by molar-refractivity contribution is 7.89. The third-order valence-corrected chi connectivity index (χ3v) is 5.56. The highest BCUT2D eigenvalue weighted by Crippen LogP contribution is 2.31. The Bertz CT molecular complexity index is 858. The molecule has 0 unspecified atom stereocenters. The molecule has 0 spiro atoms. The number of hydrogen-bond acceptors (Lipinski definition) is 7. The molecule has 0 N–H and O–H groups in total. The van der Waals surface area contributed by atoms with Crippen molar-refractivity contribution in [2.75, 3.05) is 13.1 Å². The molecular weight excluding hydrogens is 350 g/mol. The van der Waals surface area contributed by atoms with Crippen molar-refractivity contribution in [1.29, 1.82) is 0 Å². The smallest absolute Gasteiger partial charge is 0.312 e. The molecule has 0 radical (unpaired) electrons. The Labute approximate surface area is 145 Å². The van der Waals surface area contributed by atoms with E-state index in [4.69, 9.17) is 9.26 Å². The van der Waals surface area contributed by atoms with Crippen LogP contribution in [-0.4, -0.2) is 35.9 Å². The van der Waals surface area contributed by atoms with Crippen LogP contribution in [-0.2, 0) is 16.6 Å². The van der Waals surface area contributed by atoms with Gasteiger partial charge in [-0.1, -0.05) is 19.0 Å². The summed E-state index contributed by atoms with van der Waals surface area (Å²) in [4.78, 5) is 10.5. The van der Waals surface area contributed by atoms with Gasteiger partial charge in [-0.05, 0) is 19.1 Å². The fourth-order valence-electron chi connectivity index (χ4n) is 2.27. The van der Waals surface area contributed by atoms with Crippen molar-refractivity contribution in [3.63, 3.8) is 0 Å². The normalized spacial score (nSPS) is 11.7. The summed E-state index contributed by atoms with van der Waals surface area (Å²) < 4.78 is 36.6. The van der Waals surface area contributed by atoms with E-state index in [0.29, 0.717) is 11.5 Å². The standard InChI is InChI=1S/C15H19N3O6S/c1-4-17(5-2)25(21,22)13-6-7-15(14(9-13)18(19)20)23-10-12-8-11(3)16-24-12/h6-9H,4-5,10H2,1-3H3. The molecule has 0 aliphatic heterocycles. The van der Waals surface area contributed by atoms with Gasteiger partial charge in [0.05, 0.1) is 15.5 Å². The van der Waals surface area contributed by atoms with E-state index in [2.05, 4.69) is 5.16 Å². The van der Waals surface area contributed by atoms with Gasteiger partial charge in [-0.25, -0.2) is 8.42 Å². The second-order valence-corrected chi connectivity index (χ2v) is 7.14. The molecule has 9 nitrogen and oxygen atoms in total. The third-order valence-electron chi connectivity index (χ3n) is 3.52. The molecule has 1 heterocycles. The summed E-state index contributed by atoms with van der Waals surface area (Å²) in [6, 6.07) is 5.22. The van der Waals surface area contributed by atoms with Gasteiger partial charge in [0.1, 0.15) is 6.61 Å². The van der Waals surface area contributed by atoms with E-state index in [9.17, 15) is 18.5 Å². The fraction of sp³-hybridized carbons (Fsp3) is 0.400. The number of benzene rings is 1. The summed E-state index contributed by atoms with van der Waals surface area (Å²) in [6.45, 7) is 5.64. The molecule has 0 bridgehead atoms. The minimum Gasteiger partial charge on any atom is -0.479 e. The van der Waals surface area contributed by atoms with Gasteiger partial charge in [0, 0.05) is 25.2 Å². The first-order chi connectivity index (χ1) is 11.8. The second-order valence-electron chi connectivity index (χ2n) is 5.20. The van der Waals surface area contributed by atoms with Crippen molar-refractivity contribution in [3.8, 4) is 5.75 Å². The molecule has 25 heavy (non-hydrogen) atoms. The van der Waals surface area contributed by atoms with Crippen molar-refractivity contribution in [2.24, 2.45) is 0 Å². The average molecular weight is 369 g/mol. The fourth-order valence-corrected chi connectivity index (χ4v) is 3.75. The van der Waals surface area contributed by atoms with Gasteiger partial charge in [0.25, 0.3) is 0 Å². The Hall–Kier alpha value is -2.46. The maximum atomic E-state index is 12.5. The van der Waals surface area contributed by atoms with Crippen LogP contribution >= 0.6 is 0 Å². The van der Waals surface area contributed by atoms with Crippen LogP contribution in [0.15, 0.2) is 33.7 Å². The molecule has 0 fully saturated rings. The van der Waals surface area contributed by atoms with Crippen LogP contribution in [0.2, 0.25) is 0 Å². The number of aryl methyl sites for hydroxylation is 1. The van der Waals surface area contributed by atoms with Crippen LogP contribution in [0, 0.1) is 17.0 Å². The molecule has 1 aromatic heterocycles. The van der Waals surface area contributed by atoms with Crippen LogP contribution in [0.25, 0.3) is 0 Å². The van der Waals surface area contributed by atoms with Crippen LogP contribution in [0.3, 0.4) is 0 Å². The minimum absolute atomic E-state index is 0.0439. The second kappa shape index (κ2) is 7.62. The Morgan fingerprint density at radius 3 is 2.48 bits per heavy atom. The van der Waals surface area contributed by atoms with Crippen LogP contribution in [0.4, 0.5) is 5.69 Å². The van der Waals surface area contributed by atoms with E-state index in [1.807, 2.05) is 0 Å². The van der Waals surface area contributed by atoms with Crippen LogP contribution in [0.1, 0.15) is 25.3 Å². The number of ether oxygens (including phenoxy) is 1. The van der Waals surface area contributed by atoms with E-state index in [1.54, 1.807) is 26.8 Å². The lowest BCUT2D eigenvalue weighted by Gasteiger charge is -2.18. The zero-order valence-corrected chi connectivity index (χ0v) is 14.9. The zero-order chi connectivity index (χ0) is 18.6. The predicted molar refractivity (Wildman–Crippen MR) is 88.8 cm³/mol. The van der Waals surface area contributed by atoms with E-state index in [0.717, 1.165) is 6.07 Å². The molecule has 136 valence electrons.